The Morgan fingerprint density at radius 2 is 1.94 bits per heavy atom. The first kappa shape index (κ1) is 14.8. The number of ether oxygens (including phenoxy) is 1. The Morgan fingerprint density at radius 3 is 2.39 bits per heavy atom. The number of rotatable bonds is 4. The summed E-state index contributed by atoms with van der Waals surface area (Å²) in [7, 11) is 0. The molecular weight excluding hydrogens is 231 g/mol. The highest BCUT2D eigenvalue weighted by molar-refractivity contribution is 6.00. The van der Waals surface area contributed by atoms with Crippen LogP contribution in [0, 0.1) is 18.2 Å². The molecule has 0 aliphatic carbocycles. The average molecular weight is 252 g/mol. The fourth-order valence-electron chi connectivity index (χ4n) is 1.92. The van der Waals surface area contributed by atoms with Gasteiger partial charge in [0.1, 0.15) is 11.9 Å². The highest BCUT2D eigenvalue weighted by Gasteiger charge is 2.32. The summed E-state index contributed by atoms with van der Waals surface area (Å²) in [6.45, 7) is 9.91. The summed E-state index contributed by atoms with van der Waals surface area (Å²) in [4.78, 5) is 12.4. The van der Waals surface area contributed by atoms with E-state index in [0.717, 1.165) is 5.56 Å². The summed E-state index contributed by atoms with van der Waals surface area (Å²) < 4.78 is 18.9. The van der Waals surface area contributed by atoms with Gasteiger partial charge in [0.15, 0.2) is 5.78 Å². The van der Waals surface area contributed by atoms with Crippen molar-refractivity contribution in [2.24, 2.45) is 5.41 Å². The smallest absolute Gasteiger partial charge is 0.192 e. The molecule has 0 fully saturated rings. The molecule has 1 unspecified atom stereocenters. The molecule has 18 heavy (non-hydrogen) atoms. The molecule has 1 aromatic rings. The fourth-order valence-corrected chi connectivity index (χ4v) is 1.92. The van der Waals surface area contributed by atoms with E-state index in [4.69, 9.17) is 4.74 Å². The lowest BCUT2D eigenvalue weighted by Crippen LogP contribution is -2.37. The van der Waals surface area contributed by atoms with E-state index in [1.165, 1.54) is 12.1 Å². The Labute approximate surface area is 108 Å². The molecule has 100 valence electrons. The number of hydrogen-bond donors (Lipinski definition) is 0. The van der Waals surface area contributed by atoms with E-state index in [0.29, 0.717) is 12.2 Å². The van der Waals surface area contributed by atoms with E-state index in [2.05, 4.69) is 0 Å². The number of carbonyl (C=O) groups excluding carboxylic acids is 1. The normalized spacial score (nSPS) is 13.4. The van der Waals surface area contributed by atoms with Gasteiger partial charge >= 0.3 is 0 Å². The van der Waals surface area contributed by atoms with Gasteiger partial charge in [0.05, 0.1) is 0 Å². The first-order chi connectivity index (χ1) is 8.25. The molecular formula is C15H21FO2. The fraction of sp³-hybridized carbons (Fsp3) is 0.533. The summed E-state index contributed by atoms with van der Waals surface area (Å²) in [6.07, 6.45) is -0.552. The third kappa shape index (κ3) is 3.64. The van der Waals surface area contributed by atoms with Crippen LogP contribution in [0.25, 0.3) is 0 Å². The van der Waals surface area contributed by atoms with Crippen LogP contribution in [-0.2, 0) is 4.74 Å². The topological polar surface area (TPSA) is 26.3 Å². The number of aryl methyl sites for hydroxylation is 1. The number of carbonyl (C=O) groups is 1. The van der Waals surface area contributed by atoms with E-state index >= 15 is 0 Å². The Kier molecular flexibility index (Phi) is 4.63. The second-order valence-electron chi connectivity index (χ2n) is 5.58. The van der Waals surface area contributed by atoms with E-state index in [1.807, 2.05) is 27.7 Å². The predicted molar refractivity (Wildman–Crippen MR) is 70.3 cm³/mol. The number of Topliss-reactive ketones (excluding diaryl/α,β-unsaturated/α-hetero) is 1. The van der Waals surface area contributed by atoms with Gasteiger partial charge < -0.3 is 4.74 Å². The molecule has 0 saturated heterocycles. The molecule has 0 radical (unpaired) electrons. The summed E-state index contributed by atoms with van der Waals surface area (Å²) in [5.41, 5.74) is 0.802. The highest BCUT2D eigenvalue weighted by Crippen LogP contribution is 2.26. The summed E-state index contributed by atoms with van der Waals surface area (Å²) in [5.74, 6) is -0.547. The van der Waals surface area contributed by atoms with E-state index in [9.17, 15) is 9.18 Å². The van der Waals surface area contributed by atoms with Crippen LogP contribution in [0.3, 0.4) is 0 Å². The zero-order valence-corrected chi connectivity index (χ0v) is 11.7. The molecule has 1 atom stereocenters. The van der Waals surface area contributed by atoms with Crippen LogP contribution in [0.1, 0.15) is 43.6 Å². The molecule has 2 nitrogen and oxygen atoms in total. The van der Waals surface area contributed by atoms with Gasteiger partial charge in [0, 0.05) is 12.2 Å². The maximum Gasteiger partial charge on any atom is 0.192 e. The van der Waals surface area contributed by atoms with Crippen LogP contribution < -0.4 is 0 Å². The zero-order valence-electron chi connectivity index (χ0n) is 11.7. The second kappa shape index (κ2) is 5.61. The molecule has 0 aromatic heterocycles. The number of ketones is 1. The third-order valence-corrected chi connectivity index (χ3v) is 2.68. The standard InChI is InChI=1S/C15H21FO2/c1-6-18-14(15(3,4)5)13(17)11-7-10(2)8-12(16)9-11/h7-9,14H,6H2,1-5H3. The highest BCUT2D eigenvalue weighted by atomic mass is 19.1. The quantitative estimate of drug-likeness (QED) is 0.762. The van der Waals surface area contributed by atoms with Gasteiger partial charge in [-0.2, -0.15) is 0 Å². The largest absolute Gasteiger partial charge is 0.370 e. The first-order valence-electron chi connectivity index (χ1n) is 6.18. The summed E-state index contributed by atoms with van der Waals surface area (Å²) in [5, 5.41) is 0. The predicted octanol–water partition coefficient (Wildman–Crippen LogP) is 3.77. The lowest BCUT2D eigenvalue weighted by atomic mass is 9.84. The van der Waals surface area contributed by atoms with Crippen LogP contribution in [-0.4, -0.2) is 18.5 Å². The molecule has 0 aliphatic heterocycles. The average Bonchev–Trinajstić information content (AvgIpc) is 2.22. The SMILES string of the molecule is CCOC(C(=O)c1cc(C)cc(F)c1)C(C)(C)C. The van der Waals surface area contributed by atoms with Crippen LogP contribution in [0.2, 0.25) is 0 Å². The minimum Gasteiger partial charge on any atom is -0.370 e. The third-order valence-electron chi connectivity index (χ3n) is 2.68. The van der Waals surface area contributed by atoms with Crippen molar-refractivity contribution in [2.45, 2.75) is 40.7 Å². The summed E-state index contributed by atoms with van der Waals surface area (Å²) in [6, 6.07) is 4.37. The molecule has 0 amide bonds. The van der Waals surface area contributed by atoms with Crippen molar-refractivity contribution in [2.75, 3.05) is 6.61 Å². The van der Waals surface area contributed by atoms with E-state index in [-0.39, 0.29) is 17.0 Å². The Bertz CT molecular complexity index is 412. The van der Waals surface area contributed by atoms with Gasteiger partial charge in [-0.05, 0) is 43.0 Å². The molecule has 1 aromatic carbocycles. The maximum atomic E-state index is 13.3. The molecule has 0 bridgehead atoms. The van der Waals surface area contributed by atoms with Crippen LogP contribution in [0.15, 0.2) is 18.2 Å². The maximum absolute atomic E-state index is 13.3. The zero-order chi connectivity index (χ0) is 13.9. The number of halogens is 1. The molecule has 0 N–H and O–H groups in total. The number of hydrogen-bond acceptors (Lipinski definition) is 2. The molecule has 0 spiro atoms. The molecule has 1 rings (SSSR count). The molecule has 0 aliphatic rings. The van der Waals surface area contributed by atoms with Crippen LogP contribution >= 0.6 is 0 Å². The van der Waals surface area contributed by atoms with Crippen molar-refractivity contribution in [1.29, 1.82) is 0 Å². The van der Waals surface area contributed by atoms with Crippen LogP contribution in [0.5, 0.6) is 0 Å². The van der Waals surface area contributed by atoms with Crippen LogP contribution in [0.4, 0.5) is 4.39 Å². The second-order valence-corrected chi connectivity index (χ2v) is 5.58. The minimum absolute atomic E-state index is 0.160. The Balaban J connectivity index is 3.09. The van der Waals surface area contributed by atoms with Gasteiger partial charge in [-0.25, -0.2) is 4.39 Å². The van der Waals surface area contributed by atoms with Crippen molar-refractivity contribution in [3.63, 3.8) is 0 Å². The minimum atomic E-state index is -0.552. The lowest BCUT2D eigenvalue weighted by molar-refractivity contribution is -0.000248. The van der Waals surface area contributed by atoms with Gasteiger partial charge in [0.2, 0.25) is 0 Å². The first-order valence-corrected chi connectivity index (χ1v) is 6.18. The Hall–Kier alpha value is -1.22. The van der Waals surface area contributed by atoms with E-state index < -0.39 is 6.10 Å². The van der Waals surface area contributed by atoms with Gasteiger partial charge in [-0.15, -0.1) is 0 Å². The van der Waals surface area contributed by atoms with Crippen molar-refractivity contribution in [3.8, 4) is 0 Å². The number of benzene rings is 1. The summed E-state index contributed by atoms with van der Waals surface area (Å²) >= 11 is 0. The molecule has 0 heterocycles. The van der Waals surface area contributed by atoms with Gasteiger partial charge in [-0.3, -0.25) is 4.79 Å². The van der Waals surface area contributed by atoms with Crippen molar-refractivity contribution >= 4 is 5.78 Å². The lowest BCUT2D eigenvalue weighted by Gasteiger charge is -2.29. The van der Waals surface area contributed by atoms with Crippen molar-refractivity contribution in [1.82, 2.24) is 0 Å². The monoisotopic (exact) mass is 252 g/mol. The van der Waals surface area contributed by atoms with Gasteiger partial charge in [0.25, 0.3) is 0 Å². The van der Waals surface area contributed by atoms with Crippen molar-refractivity contribution in [3.05, 3.63) is 35.1 Å². The van der Waals surface area contributed by atoms with Crippen molar-refractivity contribution < 1.29 is 13.9 Å². The Morgan fingerprint density at radius 1 is 1.33 bits per heavy atom. The molecule has 0 saturated carbocycles. The molecule has 3 heteroatoms. The van der Waals surface area contributed by atoms with Gasteiger partial charge in [-0.1, -0.05) is 20.8 Å². The van der Waals surface area contributed by atoms with E-state index in [1.54, 1.807) is 13.0 Å².